The van der Waals surface area contributed by atoms with Crippen LogP contribution in [0.15, 0.2) is 77.9 Å². The van der Waals surface area contributed by atoms with E-state index in [1.54, 1.807) is 0 Å². The average molecular weight is 246 g/mol. The number of hydrogen-bond donors (Lipinski definition) is 1. The zero-order valence-corrected chi connectivity index (χ0v) is 10.5. The van der Waals surface area contributed by atoms with Crippen LogP contribution in [0.25, 0.3) is 10.8 Å². The molecule has 0 aromatic heterocycles. The fourth-order valence-electron chi connectivity index (χ4n) is 1.98. The monoisotopic (exact) mass is 246 g/mol. The predicted octanol–water partition coefficient (Wildman–Crippen LogP) is 4.29. The van der Waals surface area contributed by atoms with Crippen molar-refractivity contribution in [1.29, 1.82) is 0 Å². The van der Waals surface area contributed by atoms with Crippen LogP contribution in [0.2, 0.25) is 0 Å². The Hall–Kier alpha value is -2.61. The Morgan fingerprint density at radius 1 is 0.737 bits per heavy atom. The molecule has 0 bridgehead atoms. The molecule has 3 aromatic carbocycles. The molecule has 0 saturated carbocycles. The third kappa shape index (κ3) is 2.80. The summed E-state index contributed by atoms with van der Waals surface area (Å²) in [6, 6.07) is 24.5. The van der Waals surface area contributed by atoms with Crippen molar-refractivity contribution in [2.75, 3.05) is 5.43 Å². The van der Waals surface area contributed by atoms with Gasteiger partial charge in [0.1, 0.15) is 0 Å². The number of nitrogens with zero attached hydrogens (tertiary/aromatic N) is 1. The molecule has 2 nitrogen and oxygen atoms in total. The maximum atomic E-state index is 4.24. The molecule has 0 saturated heterocycles. The second-order valence-electron chi connectivity index (χ2n) is 4.34. The summed E-state index contributed by atoms with van der Waals surface area (Å²) in [5, 5.41) is 6.72. The van der Waals surface area contributed by atoms with Gasteiger partial charge in [-0.2, -0.15) is 5.10 Å². The molecule has 0 unspecified atom stereocenters. The van der Waals surface area contributed by atoms with Crippen LogP contribution < -0.4 is 5.43 Å². The first-order chi connectivity index (χ1) is 9.42. The molecule has 3 rings (SSSR count). The molecule has 3 aromatic rings. The van der Waals surface area contributed by atoms with Crippen LogP contribution in [0.3, 0.4) is 0 Å². The summed E-state index contributed by atoms with van der Waals surface area (Å²) in [7, 11) is 0. The molecule has 0 aliphatic heterocycles. The van der Waals surface area contributed by atoms with Gasteiger partial charge in [-0.25, -0.2) is 0 Å². The Labute approximate surface area is 112 Å². The zero-order valence-electron chi connectivity index (χ0n) is 10.5. The second-order valence-corrected chi connectivity index (χ2v) is 4.34. The zero-order chi connectivity index (χ0) is 12.9. The normalized spacial score (nSPS) is 10.9. The summed E-state index contributed by atoms with van der Waals surface area (Å²) in [5.41, 5.74) is 5.08. The van der Waals surface area contributed by atoms with E-state index in [9.17, 15) is 0 Å². The van der Waals surface area contributed by atoms with E-state index in [-0.39, 0.29) is 0 Å². The molecule has 1 N–H and O–H groups in total. The van der Waals surface area contributed by atoms with Gasteiger partial charge < -0.3 is 0 Å². The lowest BCUT2D eigenvalue weighted by atomic mass is 10.1. The highest BCUT2D eigenvalue weighted by molar-refractivity contribution is 5.90. The number of fused-ring (bicyclic) bond motifs is 1. The number of hydrazone groups is 1. The van der Waals surface area contributed by atoms with Gasteiger partial charge in [0, 0.05) is 0 Å². The van der Waals surface area contributed by atoms with Crippen LogP contribution in [0.4, 0.5) is 5.69 Å². The molecule has 0 aliphatic carbocycles. The van der Waals surface area contributed by atoms with E-state index < -0.39 is 0 Å². The van der Waals surface area contributed by atoms with Gasteiger partial charge in [0.05, 0.1) is 11.9 Å². The highest BCUT2D eigenvalue weighted by Gasteiger charge is 1.93. The molecule has 0 fully saturated rings. The molecule has 19 heavy (non-hydrogen) atoms. The van der Waals surface area contributed by atoms with Gasteiger partial charge in [-0.05, 0) is 34.5 Å². The summed E-state index contributed by atoms with van der Waals surface area (Å²) >= 11 is 0. The summed E-state index contributed by atoms with van der Waals surface area (Å²) in [4.78, 5) is 0. The van der Waals surface area contributed by atoms with Gasteiger partial charge in [0.2, 0.25) is 0 Å². The van der Waals surface area contributed by atoms with Crippen molar-refractivity contribution in [3.63, 3.8) is 0 Å². The van der Waals surface area contributed by atoms with Gasteiger partial charge in [-0.15, -0.1) is 0 Å². The van der Waals surface area contributed by atoms with Crippen LogP contribution in [-0.4, -0.2) is 6.21 Å². The second kappa shape index (κ2) is 5.36. The highest BCUT2D eigenvalue weighted by atomic mass is 15.3. The van der Waals surface area contributed by atoms with Gasteiger partial charge in [-0.3, -0.25) is 5.43 Å². The fourth-order valence-corrected chi connectivity index (χ4v) is 1.98. The van der Waals surface area contributed by atoms with Crippen LogP contribution in [0, 0.1) is 0 Å². The first-order valence-corrected chi connectivity index (χ1v) is 6.25. The van der Waals surface area contributed by atoms with E-state index in [1.807, 2.05) is 48.7 Å². The average Bonchev–Trinajstić information content (AvgIpc) is 2.48. The van der Waals surface area contributed by atoms with E-state index in [0.29, 0.717) is 0 Å². The molecule has 0 heterocycles. The van der Waals surface area contributed by atoms with Gasteiger partial charge in [0.25, 0.3) is 0 Å². The van der Waals surface area contributed by atoms with Crippen LogP contribution in [0.1, 0.15) is 5.56 Å². The maximum Gasteiger partial charge on any atom is 0.0561 e. The van der Waals surface area contributed by atoms with E-state index >= 15 is 0 Å². The first-order valence-electron chi connectivity index (χ1n) is 6.25. The molecule has 0 aliphatic rings. The van der Waals surface area contributed by atoms with E-state index in [0.717, 1.165) is 11.3 Å². The smallest absolute Gasteiger partial charge is 0.0561 e. The summed E-state index contributed by atoms with van der Waals surface area (Å²) in [5.74, 6) is 0. The van der Waals surface area contributed by atoms with Crippen molar-refractivity contribution in [2.24, 2.45) is 5.10 Å². The Morgan fingerprint density at radius 3 is 2.32 bits per heavy atom. The molecular formula is C17H14N2. The van der Waals surface area contributed by atoms with Crippen molar-refractivity contribution >= 4 is 22.7 Å². The quantitative estimate of drug-likeness (QED) is 0.541. The van der Waals surface area contributed by atoms with E-state index in [1.165, 1.54) is 10.8 Å². The number of anilines is 1. The Morgan fingerprint density at radius 2 is 1.47 bits per heavy atom. The summed E-state index contributed by atoms with van der Waals surface area (Å²) in [6.07, 6.45) is 1.83. The summed E-state index contributed by atoms with van der Waals surface area (Å²) in [6.45, 7) is 0. The van der Waals surface area contributed by atoms with Gasteiger partial charge in [-0.1, -0.05) is 54.6 Å². The Balaban J connectivity index is 1.78. The Bertz CT molecular complexity index is 703. The fraction of sp³-hybridized carbons (Fsp3) is 0. The maximum absolute atomic E-state index is 4.24. The lowest BCUT2D eigenvalue weighted by Gasteiger charge is -2.00. The standard InChI is InChI=1S/C17H14N2/c1-2-8-17(9-3-1)19-18-13-14-10-11-15-6-4-5-7-16(15)12-14/h1-13,19H/b18-13-. The lowest BCUT2D eigenvalue weighted by Crippen LogP contribution is -1.90. The number of benzene rings is 3. The minimum absolute atomic E-state index is 0.986. The Kier molecular flexibility index (Phi) is 3.24. The lowest BCUT2D eigenvalue weighted by molar-refractivity contribution is 1.35. The largest absolute Gasteiger partial charge is 0.279 e. The minimum atomic E-state index is 0.986. The van der Waals surface area contributed by atoms with E-state index in [2.05, 4.69) is 40.9 Å². The first kappa shape index (κ1) is 11.5. The van der Waals surface area contributed by atoms with Gasteiger partial charge >= 0.3 is 0 Å². The number of hydrogen-bond acceptors (Lipinski definition) is 2. The van der Waals surface area contributed by atoms with Crippen LogP contribution >= 0.6 is 0 Å². The highest BCUT2D eigenvalue weighted by Crippen LogP contribution is 2.14. The minimum Gasteiger partial charge on any atom is -0.279 e. The number of nitrogens with one attached hydrogen (secondary N) is 1. The summed E-state index contributed by atoms with van der Waals surface area (Å²) < 4.78 is 0. The third-order valence-electron chi connectivity index (χ3n) is 2.95. The van der Waals surface area contributed by atoms with E-state index in [4.69, 9.17) is 0 Å². The molecule has 0 atom stereocenters. The molecule has 92 valence electrons. The topological polar surface area (TPSA) is 24.4 Å². The van der Waals surface area contributed by atoms with Crippen molar-refractivity contribution in [2.45, 2.75) is 0 Å². The SMILES string of the molecule is C(=N/Nc1ccccc1)/c1ccc2ccccc2c1. The van der Waals surface area contributed by atoms with Crippen molar-refractivity contribution < 1.29 is 0 Å². The van der Waals surface area contributed by atoms with Gasteiger partial charge in [0.15, 0.2) is 0 Å². The molecule has 0 spiro atoms. The number of para-hydroxylation sites is 1. The number of rotatable bonds is 3. The van der Waals surface area contributed by atoms with Crippen molar-refractivity contribution in [3.8, 4) is 0 Å². The van der Waals surface area contributed by atoms with Crippen LogP contribution in [0.5, 0.6) is 0 Å². The molecule has 2 heteroatoms. The van der Waals surface area contributed by atoms with Crippen LogP contribution in [-0.2, 0) is 0 Å². The van der Waals surface area contributed by atoms with Crippen molar-refractivity contribution in [1.82, 2.24) is 0 Å². The predicted molar refractivity (Wildman–Crippen MR) is 81.6 cm³/mol. The molecule has 0 radical (unpaired) electrons. The molecule has 0 amide bonds. The molecular weight excluding hydrogens is 232 g/mol. The third-order valence-corrected chi connectivity index (χ3v) is 2.95. The van der Waals surface area contributed by atoms with Crippen molar-refractivity contribution in [3.05, 3.63) is 78.4 Å².